The molecule has 1 heterocycles. The van der Waals surface area contributed by atoms with Crippen LogP contribution in [-0.2, 0) is 4.74 Å². The van der Waals surface area contributed by atoms with Crippen LogP contribution in [0.5, 0.6) is 0 Å². The van der Waals surface area contributed by atoms with Crippen molar-refractivity contribution in [2.45, 2.75) is 12.2 Å². The number of hydrogen-bond donors (Lipinski definition) is 1. The second kappa shape index (κ2) is 3.05. The summed E-state index contributed by atoms with van der Waals surface area (Å²) in [6.45, 7) is -0.137. The van der Waals surface area contributed by atoms with E-state index in [0.717, 1.165) is 6.07 Å². The predicted molar refractivity (Wildman–Crippen MR) is 41.1 cm³/mol. The minimum atomic E-state index is -0.624. The molecule has 1 fully saturated rings. The fraction of sp³-hybridized carbons (Fsp3) is 0.333. The maximum Gasteiger partial charge on any atom is 0.132 e. The Hall–Kier alpha value is -1.00. The number of ether oxygens (including phenoxy) is 1. The van der Waals surface area contributed by atoms with Crippen LogP contribution in [0, 0.1) is 11.6 Å². The molecule has 2 nitrogen and oxygen atoms in total. The fourth-order valence-corrected chi connectivity index (χ4v) is 1.29. The van der Waals surface area contributed by atoms with Gasteiger partial charge < -0.3 is 9.84 Å². The molecular weight excluding hydrogens is 178 g/mol. The number of rotatable bonds is 2. The van der Waals surface area contributed by atoms with Crippen molar-refractivity contribution in [1.82, 2.24) is 0 Å². The van der Waals surface area contributed by atoms with Crippen LogP contribution in [0.2, 0.25) is 0 Å². The second-order valence-corrected chi connectivity index (χ2v) is 2.94. The molecule has 1 N–H and O–H groups in total. The van der Waals surface area contributed by atoms with E-state index in [-0.39, 0.29) is 12.7 Å². The van der Waals surface area contributed by atoms with E-state index < -0.39 is 17.7 Å². The number of halogens is 2. The summed E-state index contributed by atoms with van der Waals surface area (Å²) in [6.07, 6.45) is -0.745. The van der Waals surface area contributed by atoms with Crippen molar-refractivity contribution >= 4 is 0 Å². The molecule has 0 aromatic heterocycles. The van der Waals surface area contributed by atoms with Crippen LogP contribution < -0.4 is 0 Å². The Labute approximate surface area is 73.8 Å². The number of benzene rings is 1. The van der Waals surface area contributed by atoms with E-state index in [1.165, 1.54) is 12.1 Å². The van der Waals surface area contributed by atoms with Crippen molar-refractivity contribution < 1.29 is 18.6 Å². The highest BCUT2D eigenvalue weighted by Crippen LogP contribution is 2.39. The third-order valence-corrected chi connectivity index (χ3v) is 2.03. The molecule has 1 aromatic carbocycles. The summed E-state index contributed by atoms with van der Waals surface area (Å²) in [5.41, 5.74) is 0.306. The van der Waals surface area contributed by atoms with Crippen LogP contribution in [0.1, 0.15) is 11.7 Å². The molecule has 1 aliphatic heterocycles. The minimum absolute atomic E-state index is 0.137. The van der Waals surface area contributed by atoms with E-state index >= 15 is 0 Å². The molecule has 0 radical (unpaired) electrons. The lowest BCUT2D eigenvalue weighted by atomic mass is 10.1. The maximum atomic E-state index is 13.0. The number of aliphatic hydroxyl groups is 1. The van der Waals surface area contributed by atoms with E-state index in [1.54, 1.807) is 0 Å². The molecule has 4 heteroatoms. The van der Waals surface area contributed by atoms with Gasteiger partial charge in [-0.05, 0) is 6.07 Å². The first-order chi connectivity index (χ1) is 6.22. The zero-order valence-corrected chi connectivity index (χ0v) is 6.71. The van der Waals surface area contributed by atoms with Gasteiger partial charge >= 0.3 is 0 Å². The molecule has 2 rings (SSSR count). The summed E-state index contributed by atoms with van der Waals surface area (Å²) in [6, 6.07) is 3.32. The largest absolute Gasteiger partial charge is 0.394 e. The van der Waals surface area contributed by atoms with Crippen molar-refractivity contribution in [2.24, 2.45) is 0 Å². The fourth-order valence-electron chi connectivity index (χ4n) is 1.29. The van der Waals surface area contributed by atoms with Gasteiger partial charge in [0.05, 0.1) is 6.61 Å². The summed E-state index contributed by atoms with van der Waals surface area (Å²) in [7, 11) is 0. The minimum Gasteiger partial charge on any atom is -0.394 e. The standard InChI is InChI=1S/C9H8F2O2/c10-5-1-2-6(7(11)3-5)9-8(4-12)13-9/h1-3,8-9,12H,4H2. The normalized spacial score (nSPS) is 26.1. The van der Waals surface area contributed by atoms with E-state index in [0.29, 0.717) is 5.56 Å². The summed E-state index contributed by atoms with van der Waals surface area (Å²) in [5, 5.41) is 8.66. The van der Waals surface area contributed by atoms with E-state index in [1.807, 2.05) is 0 Å². The first-order valence-electron chi connectivity index (χ1n) is 3.93. The third-order valence-electron chi connectivity index (χ3n) is 2.03. The highest BCUT2D eigenvalue weighted by Gasteiger charge is 2.41. The predicted octanol–water partition coefficient (Wildman–Crippen LogP) is 1.40. The van der Waals surface area contributed by atoms with Crippen molar-refractivity contribution in [2.75, 3.05) is 6.61 Å². The molecule has 1 aromatic rings. The van der Waals surface area contributed by atoms with E-state index in [9.17, 15) is 8.78 Å². The van der Waals surface area contributed by atoms with Gasteiger partial charge in [0, 0.05) is 11.6 Å². The molecule has 0 saturated carbocycles. The van der Waals surface area contributed by atoms with Gasteiger partial charge in [0.2, 0.25) is 0 Å². The number of aliphatic hydroxyl groups excluding tert-OH is 1. The van der Waals surface area contributed by atoms with Crippen molar-refractivity contribution in [3.63, 3.8) is 0 Å². The molecule has 1 aliphatic rings. The van der Waals surface area contributed by atoms with Crippen molar-refractivity contribution in [3.8, 4) is 0 Å². The third kappa shape index (κ3) is 1.55. The molecule has 2 unspecified atom stereocenters. The Bertz CT molecular complexity index is 327. The highest BCUT2D eigenvalue weighted by molar-refractivity contribution is 5.25. The summed E-state index contributed by atoms with van der Waals surface area (Å²) in [5.74, 6) is -1.23. The Balaban J connectivity index is 2.22. The van der Waals surface area contributed by atoms with Crippen LogP contribution in [-0.4, -0.2) is 17.8 Å². The quantitative estimate of drug-likeness (QED) is 0.708. The van der Waals surface area contributed by atoms with E-state index in [2.05, 4.69) is 0 Å². The van der Waals surface area contributed by atoms with Gasteiger partial charge in [0.1, 0.15) is 23.8 Å². The lowest BCUT2D eigenvalue weighted by Crippen LogP contribution is -1.96. The summed E-state index contributed by atoms with van der Waals surface area (Å²) in [4.78, 5) is 0. The highest BCUT2D eigenvalue weighted by atomic mass is 19.1. The summed E-state index contributed by atoms with van der Waals surface area (Å²) < 4.78 is 30.5. The average Bonchev–Trinajstić information content (AvgIpc) is 2.83. The van der Waals surface area contributed by atoms with Crippen LogP contribution in [0.3, 0.4) is 0 Å². The lowest BCUT2D eigenvalue weighted by Gasteiger charge is -1.97. The first-order valence-corrected chi connectivity index (χ1v) is 3.93. The number of epoxide rings is 1. The first kappa shape index (κ1) is 8.59. The van der Waals surface area contributed by atoms with Crippen LogP contribution >= 0.6 is 0 Å². The van der Waals surface area contributed by atoms with Crippen molar-refractivity contribution in [1.29, 1.82) is 0 Å². The number of hydrogen-bond acceptors (Lipinski definition) is 2. The SMILES string of the molecule is OCC1OC1c1ccc(F)cc1F. The zero-order chi connectivity index (χ0) is 9.42. The molecule has 13 heavy (non-hydrogen) atoms. The molecule has 0 spiro atoms. The molecule has 0 amide bonds. The lowest BCUT2D eigenvalue weighted by molar-refractivity contribution is 0.242. The zero-order valence-electron chi connectivity index (χ0n) is 6.71. The van der Waals surface area contributed by atoms with Gasteiger partial charge in [-0.1, -0.05) is 6.07 Å². The van der Waals surface area contributed by atoms with Gasteiger partial charge in [-0.2, -0.15) is 0 Å². The molecule has 0 bridgehead atoms. The topological polar surface area (TPSA) is 32.8 Å². The molecule has 70 valence electrons. The van der Waals surface area contributed by atoms with Gasteiger partial charge in [0.25, 0.3) is 0 Å². The average molecular weight is 186 g/mol. The summed E-state index contributed by atoms with van der Waals surface area (Å²) >= 11 is 0. The monoisotopic (exact) mass is 186 g/mol. The maximum absolute atomic E-state index is 13.0. The van der Waals surface area contributed by atoms with Gasteiger partial charge in [0.15, 0.2) is 0 Å². The molecule has 1 saturated heterocycles. The van der Waals surface area contributed by atoms with Gasteiger partial charge in [-0.15, -0.1) is 0 Å². The van der Waals surface area contributed by atoms with E-state index in [4.69, 9.17) is 9.84 Å². The second-order valence-electron chi connectivity index (χ2n) is 2.94. The Morgan fingerprint density at radius 2 is 2.15 bits per heavy atom. The van der Waals surface area contributed by atoms with Gasteiger partial charge in [-0.3, -0.25) is 0 Å². The molecule has 0 aliphatic carbocycles. The Kier molecular flexibility index (Phi) is 2.01. The Morgan fingerprint density at radius 1 is 1.38 bits per heavy atom. The smallest absolute Gasteiger partial charge is 0.132 e. The van der Waals surface area contributed by atoms with Crippen LogP contribution in [0.25, 0.3) is 0 Å². The van der Waals surface area contributed by atoms with Crippen LogP contribution in [0.15, 0.2) is 18.2 Å². The molecule has 2 atom stereocenters. The molecular formula is C9H8F2O2. The van der Waals surface area contributed by atoms with Crippen molar-refractivity contribution in [3.05, 3.63) is 35.4 Å². The van der Waals surface area contributed by atoms with Gasteiger partial charge in [-0.25, -0.2) is 8.78 Å². The Morgan fingerprint density at radius 3 is 2.69 bits per heavy atom. The van der Waals surface area contributed by atoms with Crippen LogP contribution in [0.4, 0.5) is 8.78 Å².